The minimum Gasteiger partial charge on any atom is -0.465 e. The summed E-state index contributed by atoms with van der Waals surface area (Å²) >= 11 is 4.68. The number of nitrogens with two attached hydrogens (primary N) is 1. The van der Waals surface area contributed by atoms with Gasteiger partial charge in [0.05, 0.1) is 6.54 Å². The SMILES string of the molecule is Cc1ccc(CNc2c(F)cc(C(N)=S)cc2F)o1. The largest absolute Gasteiger partial charge is 0.465 e. The van der Waals surface area contributed by atoms with Gasteiger partial charge in [0.2, 0.25) is 0 Å². The van der Waals surface area contributed by atoms with Crippen molar-refractivity contribution in [3.05, 3.63) is 53.0 Å². The van der Waals surface area contributed by atoms with Gasteiger partial charge >= 0.3 is 0 Å². The topological polar surface area (TPSA) is 51.2 Å². The number of thiocarbonyl (C=S) groups is 1. The molecule has 1 heterocycles. The Labute approximate surface area is 114 Å². The predicted molar refractivity (Wildman–Crippen MR) is 73.0 cm³/mol. The molecule has 2 aromatic rings. The Balaban J connectivity index is 2.18. The summed E-state index contributed by atoms with van der Waals surface area (Å²) in [6, 6.07) is 5.71. The summed E-state index contributed by atoms with van der Waals surface area (Å²) in [5.74, 6) is -0.159. The van der Waals surface area contributed by atoms with Crippen LogP contribution in [0.1, 0.15) is 17.1 Å². The summed E-state index contributed by atoms with van der Waals surface area (Å²) < 4.78 is 32.8. The van der Waals surface area contributed by atoms with Gasteiger partial charge in [-0.25, -0.2) is 8.78 Å². The van der Waals surface area contributed by atoms with Gasteiger partial charge in [0.25, 0.3) is 0 Å². The summed E-state index contributed by atoms with van der Waals surface area (Å²) in [4.78, 5) is -0.0500. The van der Waals surface area contributed by atoms with Gasteiger partial charge in [0.1, 0.15) is 33.8 Å². The lowest BCUT2D eigenvalue weighted by Crippen LogP contribution is -2.12. The molecule has 0 fully saturated rings. The van der Waals surface area contributed by atoms with Crippen molar-refractivity contribution in [1.29, 1.82) is 0 Å². The van der Waals surface area contributed by atoms with Crippen LogP contribution in [-0.4, -0.2) is 4.99 Å². The molecular formula is C13H12F2N2OS. The molecule has 0 amide bonds. The average molecular weight is 282 g/mol. The second-order valence-corrected chi connectivity index (χ2v) is 4.48. The molecular weight excluding hydrogens is 270 g/mol. The highest BCUT2D eigenvalue weighted by Crippen LogP contribution is 2.22. The highest BCUT2D eigenvalue weighted by atomic mass is 32.1. The van der Waals surface area contributed by atoms with Crippen LogP contribution < -0.4 is 11.1 Å². The number of furan rings is 1. The van der Waals surface area contributed by atoms with E-state index in [0.717, 1.165) is 17.9 Å². The molecule has 1 aromatic heterocycles. The normalized spacial score (nSPS) is 10.5. The maximum atomic E-state index is 13.7. The Morgan fingerprint density at radius 1 is 1.32 bits per heavy atom. The van der Waals surface area contributed by atoms with E-state index in [0.29, 0.717) is 5.76 Å². The molecule has 0 unspecified atom stereocenters. The molecule has 2 rings (SSSR count). The maximum absolute atomic E-state index is 13.7. The van der Waals surface area contributed by atoms with Crippen molar-refractivity contribution < 1.29 is 13.2 Å². The third-order valence-corrected chi connectivity index (χ3v) is 2.80. The highest BCUT2D eigenvalue weighted by molar-refractivity contribution is 7.80. The zero-order chi connectivity index (χ0) is 14.0. The fourth-order valence-corrected chi connectivity index (χ4v) is 1.76. The Morgan fingerprint density at radius 2 is 1.95 bits per heavy atom. The predicted octanol–water partition coefficient (Wildman–Crippen LogP) is 3.11. The molecule has 0 atom stereocenters. The zero-order valence-corrected chi connectivity index (χ0v) is 11.0. The average Bonchev–Trinajstić information content (AvgIpc) is 2.73. The molecule has 0 spiro atoms. The van der Waals surface area contributed by atoms with Gasteiger partial charge in [-0.1, -0.05) is 12.2 Å². The van der Waals surface area contributed by atoms with E-state index in [4.69, 9.17) is 10.2 Å². The molecule has 6 heteroatoms. The van der Waals surface area contributed by atoms with Gasteiger partial charge in [-0.3, -0.25) is 0 Å². The van der Waals surface area contributed by atoms with E-state index < -0.39 is 11.6 Å². The lowest BCUT2D eigenvalue weighted by Gasteiger charge is -2.09. The van der Waals surface area contributed by atoms with Gasteiger partial charge in [0, 0.05) is 5.56 Å². The molecule has 19 heavy (non-hydrogen) atoms. The molecule has 0 aliphatic rings. The van der Waals surface area contributed by atoms with Crippen molar-refractivity contribution in [3.8, 4) is 0 Å². The molecule has 0 aliphatic heterocycles. The number of hydrogen-bond acceptors (Lipinski definition) is 3. The number of nitrogens with one attached hydrogen (secondary N) is 1. The number of benzene rings is 1. The first-order valence-corrected chi connectivity index (χ1v) is 5.96. The maximum Gasteiger partial charge on any atom is 0.150 e. The highest BCUT2D eigenvalue weighted by Gasteiger charge is 2.12. The first kappa shape index (κ1) is 13.5. The van der Waals surface area contributed by atoms with E-state index in [1.807, 2.05) is 0 Å². The van der Waals surface area contributed by atoms with Crippen LogP contribution in [0.25, 0.3) is 0 Å². The lowest BCUT2D eigenvalue weighted by atomic mass is 10.2. The summed E-state index contributed by atoms with van der Waals surface area (Å²) in [5.41, 5.74) is 5.26. The van der Waals surface area contributed by atoms with Crippen LogP contribution in [0.5, 0.6) is 0 Å². The van der Waals surface area contributed by atoms with Gasteiger partial charge in [-0.15, -0.1) is 0 Å². The molecule has 1 aromatic carbocycles. The Kier molecular flexibility index (Phi) is 3.80. The Bertz CT molecular complexity index is 602. The third-order valence-electron chi connectivity index (χ3n) is 2.56. The molecule has 0 saturated heterocycles. The molecule has 0 radical (unpaired) electrons. The number of rotatable bonds is 4. The van der Waals surface area contributed by atoms with Crippen LogP contribution in [0, 0.1) is 18.6 Å². The van der Waals surface area contributed by atoms with Crippen LogP contribution in [0.3, 0.4) is 0 Å². The first-order valence-electron chi connectivity index (χ1n) is 5.55. The second kappa shape index (κ2) is 5.36. The van der Waals surface area contributed by atoms with Gasteiger partial charge in [-0.2, -0.15) is 0 Å². The van der Waals surface area contributed by atoms with Gasteiger partial charge < -0.3 is 15.5 Å². The van der Waals surface area contributed by atoms with Crippen molar-refractivity contribution >= 4 is 22.9 Å². The van der Waals surface area contributed by atoms with Gasteiger partial charge in [-0.05, 0) is 31.2 Å². The van der Waals surface area contributed by atoms with E-state index in [2.05, 4.69) is 17.5 Å². The van der Waals surface area contributed by atoms with Crippen molar-refractivity contribution in [1.82, 2.24) is 0 Å². The summed E-state index contributed by atoms with van der Waals surface area (Å²) in [7, 11) is 0. The Hall–Kier alpha value is -1.95. The quantitative estimate of drug-likeness (QED) is 0.846. The van der Waals surface area contributed by atoms with Crippen molar-refractivity contribution in [2.75, 3.05) is 5.32 Å². The zero-order valence-electron chi connectivity index (χ0n) is 10.2. The minimum absolute atomic E-state index is 0.0500. The van der Waals surface area contributed by atoms with E-state index in [9.17, 15) is 8.78 Å². The molecule has 3 nitrogen and oxygen atoms in total. The van der Waals surface area contributed by atoms with Crippen LogP contribution in [0.2, 0.25) is 0 Å². The molecule has 3 N–H and O–H groups in total. The number of aryl methyl sites for hydroxylation is 1. The number of anilines is 1. The van der Waals surface area contributed by atoms with Crippen LogP contribution in [0.15, 0.2) is 28.7 Å². The summed E-state index contributed by atoms with van der Waals surface area (Å²) in [6.07, 6.45) is 0. The third kappa shape index (κ3) is 3.08. The van der Waals surface area contributed by atoms with Crippen molar-refractivity contribution in [2.24, 2.45) is 5.73 Å². The van der Waals surface area contributed by atoms with E-state index in [1.54, 1.807) is 19.1 Å². The van der Waals surface area contributed by atoms with Crippen LogP contribution in [0.4, 0.5) is 14.5 Å². The molecule has 0 saturated carbocycles. The van der Waals surface area contributed by atoms with Gasteiger partial charge in [0.15, 0.2) is 0 Å². The summed E-state index contributed by atoms with van der Waals surface area (Å²) in [6.45, 7) is 1.98. The number of hydrogen-bond donors (Lipinski definition) is 2. The Morgan fingerprint density at radius 3 is 2.42 bits per heavy atom. The molecule has 0 aliphatic carbocycles. The molecule has 100 valence electrons. The first-order chi connectivity index (χ1) is 8.97. The lowest BCUT2D eigenvalue weighted by molar-refractivity contribution is 0.489. The summed E-state index contributed by atoms with van der Waals surface area (Å²) in [5, 5.41) is 2.65. The van der Waals surface area contributed by atoms with Crippen LogP contribution >= 0.6 is 12.2 Å². The molecule has 0 bridgehead atoms. The minimum atomic E-state index is -0.744. The van der Waals surface area contributed by atoms with E-state index in [1.165, 1.54) is 0 Å². The standard InChI is InChI=1S/C13H12F2N2OS/c1-7-2-3-9(18-7)6-17-12-10(14)4-8(13(16)19)5-11(12)15/h2-5,17H,6H2,1H3,(H2,16,19). The van der Waals surface area contributed by atoms with Crippen molar-refractivity contribution in [3.63, 3.8) is 0 Å². The fourth-order valence-electron chi connectivity index (χ4n) is 1.64. The smallest absolute Gasteiger partial charge is 0.150 e. The number of halogens is 2. The van der Waals surface area contributed by atoms with E-state index >= 15 is 0 Å². The van der Waals surface area contributed by atoms with Crippen molar-refractivity contribution in [2.45, 2.75) is 13.5 Å². The fraction of sp³-hybridized carbons (Fsp3) is 0.154. The monoisotopic (exact) mass is 282 g/mol. The van der Waals surface area contributed by atoms with E-state index in [-0.39, 0.29) is 22.8 Å². The van der Waals surface area contributed by atoms with Crippen LogP contribution in [-0.2, 0) is 6.54 Å². The second-order valence-electron chi connectivity index (χ2n) is 4.05.